The number of allylic oxidation sites excluding steroid dienone is 1. The van der Waals surface area contributed by atoms with Crippen molar-refractivity contribution in [2.24, 2.45) is 5.41 Å². The largest absolute Gasteiger partial charge is 0.476 e. The van der Waals surface area contributed by atoms with Crippen molar-refractivity contribution in [3.8, 4) is 5.88 Å². The van der Waals surface area contributed by atoms with E-state index in [1.165, 1.54) is 28.8 Å². The van der Waals surface area contributed by atoms with Gasteiger partial charge in [-0.1, -0.05) is 43.2 Å². The number of piperazine rings is 1. The summed E-state index contributed by atoms with van der Waals surface area (Å²) in [5, 5.41) is 18.9. The number of anilines is 5. The van der Waals surface area contributed by atoms with Crippen LogP contribution >= 0.6 is 11.6 Å². The van der Waals surface area contributed by atoms with Crippen molar-refractivity contribution in [1.29, 1.82) is 0 Å². The first-order valence-corrected chi connectivity index (χ1v) is 23.6. The standard InChI is InChI=1S/C46H55ClN8O8S/c1-46(2)16-15-32(38(27-46)31-5-7-33(47)8-6-31)29-52-18-20-53(21-19-52)34-9-11-37(41(25-34)54-17-4-22-63-45-40(54)13-14-43(48-3)50-45)44(56)51-64(59,60)36-10-12-39(42(26-36)55(57)58)49-28-35-30-61-23-24-62-35/h5-14,25-26,35,49H,4,15-24,27-30H2,1-3H3,(H,48,50)(H,51,56)/t35-/m0/s1. The Morgan fingerprint density at radius 1 is 0.969 bits per heavy atom. The van der Waals surface area contributed by atoms with Gasteiger partial charge in [0.05, 0.1) is 53.6 Å². The number of hydrogen-bond donors (Lipinski definition) is 3. The number of carbonyl (C=O) groups is 1. The normalized spacial score (nSPS) is 19.3. The first-order valence-electron chi connectivity index (χ1n) is 21.7. The van der Waals surface area contributed by atoms with Crippen molar-refractivity contribution in [1.82, 2.24) is 14.6 Å². The van der Waals surface area contributed by atoms with Gasteiger partial charge in [-0.25, -0.2) is 13.1 Å². The van der Waals surface area contributed by atoms with E-state index in [0.29, 0.717) is 62.5 Å². The maximum atomic E-state index is 14.3. The number of benzene rings is 3. The fraction of sp³-hybridized carbons (Fsp3) is 0.435. The fourth-order valence-electron chi connectivity index (χ4n) is 8.77. The van der Waals surface area contributed by atoms with Gasteiger partial charge in [-0.2, -0.15) is 4.98 Å². The summed E-state index contributed by atoms with van der Waals surface area (Å²) in [7, 11) is -2.82. The molecule has 1 aliphatic carbocycles. The summed E-state index contributed by atoms with van der Waals surface area (Å²) >= 11 is 6.26. The number of hydrogen-bond acceptors (Lipinski definition) is 14. The van der Waals surface area contributed by atoms with Crippen LogP contribution in [-0.2, 0) is 19.5 Å². The lowest BCUT2D eigenvalue weighted by Gasteiger charge is -2.39. The highest BCUT2D eigenvalue weighted by Gasteiger charge is 2.32. The van der Waals surface area contributed by atoms with Crippen molar-refractivity contribution in [3.63, 3.8) is 0 Å². The quantitative estimate of drug-likeness (QED) is 0.0896. The molecule has 4 heterocycles. The molecular weight excluding hydrogens is 860 g/mol. The van der Waals surface area contributed by atoms with Crippen LogP contribution in [0.1, 0.15) is 55.5 Å². The molecule has 8 rings (SSSR count). The van der Waals surface area contributed by atoms with Crippen molar-refractivity contribution in [3.05, 3.63) is 105 Å². The number of fused-ring (bicyclic) bond motifs is 1. The average molecular weight is 916 g/mol. The molecule has 1 atom stereocenters. The molecule has 4 aromatic rings. The van der Waals surface area contributed by atoms with E-state index in [2.05, 4.69) is 56.1 Å². The van der Waals surface area contributed by atoms with Crippen molar-refractivity contribution in [2.45, 2.75) is 50.5 Å². The lowest BCUT2D eigenvalue weighted by molar-refractivity contribution is -0.384. The summed E-state index contributed by atoms with van der Waals surface area (Å²) in [4.78, 5) is 36.7. The topological polar surface area (TPSA) is 181 Å². The Kier molecular flexibility index (Phi) is 13.6. The monoisotopic (exact) mass is 914 g/mol. The summed E-state index contributed by atoms with van der Waals surface area (Å²) in [6, 6.07) is 20.8. The molecule has 0 unspecified atom stereocenters. The summed E-state index contributed by atoms with van der Waals surface area (Å²) in [6.07, 6.45) is 3.47. The van der Waals surface area contributed by atoms with E-state index in [0.717, 1.165) is 68.8 Å². The maximum Gasteiger partial charge on any atom is 0.293 e. The lowest BCUT2D eigenvalue weighted by atomic mass is 9.72. The Morgan fingerprint density at radius 3 is 2.50 bits per heavy atom. The Labute approximate surface area is 379 Å². The van der Waals surface area contributed by atoms with Gasteiger partial charge in [-0.15, -0.1) is 0 Å². The van der Waals surface area contributed by atoms with E-state index < -0.39 is 31.4 Å². The third-order valence-electron chi connectivity index (χ3n) is 12.3. The fourth-order valence-corrected chi connectivity index (χ4v) is 9.88. The SMILES string of the molecule is CNc1ccc2c(n1)OCCCN2c1cc(N2CCN(CC3=C(c4ccc(Cl)cc4)CC(C)(C)CC3)CC2)ccc1C(=O)NS(=O)(=O)c1ccc(NC[C@H]2COCCO2)c([N+](=O)[O-])c1. The van der Waals surface area contributed by atoms with Crippen LogP contribution in [0.5, 0.6) is 5.88 Å². The van der Waals surface area contributed by atoms with E-state index in [-0.39, 0.29) is 29.3 Å². The number of pyridine rings is 1. The Morgan fingerprint density at radius 2 is 1.77 bits per heavy atom. The van der Waals surface area contributed by atoms with Crippen LogP contribution in [0.4, 0.5) is 34.3 Å². The summed E-state index contributed by atoms with van der Waals surface area (Å²) in [5.41, 5.74) is 6.06. The molecule has 1 amide bonds. The van der Waals surface area contributed by atoms with Crippen LogP contribution in [0.2, 0.25) is 5.02 Å². The molecule has 0 radical (unpaired) electrons. The number of halogens is 1. The summed E-state index contributed by atoms with van der Waals surface area (Å²) in [5.74, 6) is 0.0952. The highest BCUT2D eigenvalue weighted by atomic mass is 35.5. The van der Waals surface area contributed by atoms with E-state index in [4.69, 9.17) is 25.8 Å². The molecule has 0 saturated carbocycles. The second-order valence-corrected chi connectivity index (χ2v) is 19.5. The Hall–Kier alpha value is -5.46. The van der Waals surface area contributed by atoms with Crippen LogP contribution in [0, 0.1) is 15.5 Å². The van der Waals surface area contributed by atoms with Gasteiger partial charge < -0.3 is 34.6 Å². The highest BCUT2D eigenvalue weighted by molar-refractivity contribution is 7.90. The zero-order valence-electron chi connectivity index (χ0n) is 36.4. The molecule has 0 bridgehead atoms. The number of amides is 1. The van der Waals surface area contributed by atoms with Crippen LogP contribution in [0.25, 0.3) is 5.57 Å². The third-order valence-corrected chi connectivity index (χ3v) is 13.9. The number of nitro groups is 1. The molecule has 16 nitrogen and oxygen atoms in total. The molecule has 2 fully saturated rings. The molecule has 0 spiro atoms. The number of carbonyl (C=O) groups excluding carboxylic acids is 1. The maximum absolute atomic E-state index is 14.3. The van der Waals surface area contributed by atoms with Crippen molar-refractivity contribution < 1.29 is 32.3 Å². The molecule has 18 heteroatoms. The first kappa shape index (κ1) is 45.1. The van der Waals surface area contributed by atoms with Gasteiger partial charge in [0.2, 0.25) is 5.88 Å². The van der Waals surface area contributed by atoms with E-state index in [1.807, 2.05) is 41.3 Å². The van der Waals surface area contributed by atoms with Crippen LogP contribution < -0.4 is 29.9 Å². The number of aromatic nitrogens is 1. The molecule has 3 aliphatic heterocycles. The van der Waals surface area contributed by atoms with Crippen molar-refractivity contribution in [2.75, 3.05) is 99.7 Å². The number of nitrogens with one attached hydrogen (secondary N) is 3. The van der Waals surface area contributed by atoms with Gasteiger partial charge in [0.1, 0.15) is 17.2 Å². The Bertz CT molecular complexity index is 2510. The minimum Gasteiger partial charge on any atom is -0.476 e. The number of ether oxygens (including phenoxy) is 3. The van der Waals surface area contributed by atoms with Gasteiger partial charge in [0, 0.05) is 69.6 Å². The second-order valence-electron chi connectivity index (χ2n) is 17.3. The summed E-state index contributed by atoms with van der Waals surface area (Å²) < 4.78 is 47.0. The predicted molar refractivity (Wildman–Crippen MR) is 249 cm³/mol. The molecule has 4 aliphatic rings. The third kappa shape index (κ3) is 10.4. The summed E-state index contributed by atoms with van der Waals surface area (Å²) in [6.45, 7) is 11.0. The van der Waals surface area contributed by atoms with Crippen LogP contribution in [-0.4, -0.2) is 115 Å². The minimum absolute atomic E-state index is 0.0980. The van der Waals surface area contributed by atoms with E-state index >= 15 is 0 Å². The molecule has 3 aromatic carbocycles. The molecule has 340 valence electrons. The molecular formula is C46H55ClN8O8S. The van der Waals surface area contributed by atoms with E-state index in [9.17, 15) is 23.3 Å². The van der Waals surface area contributed by atoms with Crippen LogP contribution in [0.3, 0.4) is 0 Å². The van der Waals surface area contributed by atoms with Gasteiger partial charge in [0.25, 0.3) is 21.6 Å². The molecule has 64 heavy (non-hydrogen) atoms. The van der Waals surface area contributed by atoms with Gasteiger partial charge in [0.15, 0.2) is 0 Å². The highest BCUT2D eigenvalue weighted by Crippen LogP contribution is 2.44. The number of sulfonamides is 1. The zero-order valence-corrected chi connectivity index (χ0v) is 38.0. The first-order chi connectivity index (χ1) is 30.8. The lowest BCUT2D eigenvalue weighted by Crippen LogP contribution is -2.47. The van der Waals surface area contributed by atoms with Gasteiger partial charge >= 0.3 is 0 Å². The van der Waals surface area contributed by atoms with Gasteiger partial charge in [-0.3, -0.25) is 19.8 Å². The molecule has 2 saturated heterocycles. The number of nitrogens with zero attached hydrogens (tertiary/aromatic N) is 5. The molecule has 3 N–H and O–H groups in total. The number of nitro benzene ring substituents is 1. The Balaban J connectivity index is 1.05. The second kappa shape index (κ2) is 19.3. The predicted octanol–water partition coefficient (Wildman–Crippen LogP) is 7.34. The minimum atomic E-state index is -4.59. The van der Waals surface area contributed by atoms with Crippen molar-refractivity contribution >= 4 is 67.4 Å². The van der Waals surface area contributed by atoms with Crippen LogP contribution in [0.15, 0.2) is 83.3 Å². The molecule has 1 aromatic heterocycles. The average Bonchev–Trinajstić information content (AvgIpc) is 3.51. The zero-order chi connectivity index (χ0) is 45.0. The smallest absolute Gasteiger partial charge is 0.293 e. The van der Waals surface area contributed by atoms with Gasteiger partial charge in [-0.05, 0) is 96.8 Å². The number of rotatable bonds is 13. The van der Waals surface area contributed by atoms with E-state index in [1.54, 1.807) is 13.1 Å².